The molecule has 0 unspecified atom stereocenters. The van der Waals surface area contributed by atoms with E-state index in [-0.39, 0.29) is 0 Å². The molecule has 0 bridgehead atoms. The highest BCUT2D eigenvalue weighted by Crippen LogP contribution is 2.22. The first-order chi connectivity index (χ1) is 8.13. The third-order valence-electron chi connectivity index (χ3n) is 2.08. The summed E-state index contributed by atoms with van der Waals surface area (Å²) in [5.74, 6) is 0. The number of nitrogens with two attached hydrogens (primary N) is 1. The molecule has 0 saturated heterocycles. The largest absolute Gasteiger partial charge is 0.241 e. The number of aryl methyl sites for hydroxylation is 1. The number of thiazole rings is 1. The zero-order chi connectivity index (χ0) is 12.7. The molecule has 1 aromatic heterocycles. The van der Waals surface area contributed by atoms with Gasteiger partial charge in [-0.15, -0.1) is 11.3 Å². The average Bonchev–Trinajstić information content (AvgIpc) is 2.68. The standard InChI is InChI=1S/C11H13NS.H3NO2S/c1-2-3-8-11-12-9-6-4-5-7-10(9)13-11;1-4(2)3/h4-7H,2-3,8H2,1H3;4H,(H2,1,2,3). The molecule has 17 heavy (non-hydrogen) atoms. The number of fused-ring (bicyclic) bond motifs is 1. The minimum Gasteiger partial charge on any atom is -0.241 e. The van der Waals surface area contributed by atoms with Crippen LogP contribution in [0.4, 0.5) is 0 Å². The third kappa shape index (κ3) is 5.25. The molecule has 1 aromatic carbocycles. The van der Waals surface area contributed by atoms with Gasteiger partial charge in [-0.25, -0.2) is 18.5 Å². The van der Waals surface area contributed by atoms with E-state index in [0.29, 0.717) is 0 Å². The van der Waals surface area contributed by atoms with E-state index in [9.17, 15) is 0 Å². The maximum atomic E-state index is 8.81. The number of para-hydroxylation sites is 1. The molecule has 1 heterocycles. The summed E-state index contributed by atoms with van der Waals surface area (Å²) in [5, 5.41) is 5.35. The van der Waals surface area contributed by atoms with Crippen LogP contribution >= 0.6 is 11.3 Å². The Morgan fingerprint density at radius 3 is 2.59 bits per heavy atom. The molecule has 0 fully saturated rings. The summed E-state index contributed by atoms with van der Waals surface area (Å²) < 4.78 is 18.9. The van der Waals surface area contributed by atoms with Gasteiger partial charge >= 0.3 is 0 Å². The van der Waals surface area contributed by atoms with Crippen LogP contribution in [0.25, 0.3) is 10.2 Å². The molecule has 94 valence electrons. The quantitative estimate of drug-likeness (QED) is 0.840. The van der Waals surface area contributed by atoms with Gasteiger partial charge in [0, 0.05) is 0 Å². The van der Waals surface area contributed by atoms with Gasteiger partial charge in [0.1, 0.15) is 0 Å². The second-order valence-electron chi connectivity index (χ2n) is 3.46. The molecule has 0 radical (unpaired) electrons. The predicted molar refractivity (Wildman–Crippen MR) is 72.7 cm³/mol. The highest BCUT2D eigenvalue weighted by atomic mass is 32.2. The summed E-state index contributed by atoms with van der Waals surface area (Å²) >= 11 is 1.83. The molecule has 0 aliphatic rings. The number of unbranched alkanes of at least 4 members (excludes halogenated alkanes) is 1. The van der Waals surface area contributed by atoms with E-state index in [1.165, 1.54) is 22.5 Å². The predicted octanol–water partition coefficient (Wildman–Crippen LogP) is 2.11. The monoisotopic (exact) mass is 272 g/mol. The highest BCUT2D eigenvalue weighted by Gasteiger charge is 2.01. The fourth-order valence-corrected chi connectivity index (χ4v) is 2.36. The van der Waals surface area contributed by atoms with Crippen LogP contribution in [-0.4, -0.2) is 13.4 Å². The smallest absolute Gasteiger partial charge is 0.198 e. The van der Waals surface area contributed by atoms with Crippen LogP contribution in [0, 0.1) is 0 Å². The zero-order valence-electron chi connectivity index (χ0n) is 9.63. The summed E-state index contributed by atoms with van der Waals surface area (Å²) in [6, 6.07) is 8.35. The number of hydrogen-bond acceptors (Lipinski definition) is 4. The van der Waals surface area contributed by atoms with Crippen LogP contribution in [-0.2, 0) is 17.3 Å². The molecule has 0 aliphatic carbocycles. The topological polar surface area (TPSA) is 73.0 Å². The van der Waals surface area contributed by atoms with Gasteiger partial charge in [-0.2, -0.15) is 0 Å². The van der Waals surface area contributed by atoms with E-state index >= 15 is 0 Å². The van der Waals surface area contributed by atoms with Gasteiger partial charge in [0.25, 0.3) is 0 Å². The Bertz CT molecular complexity index is 494. The van der Waals surface area contributed by atoms with E-state index in [0.717, 1.165) is 11.9 Å². The molecule has 2 rings (SSSR count). The lowest BCUT2D eigenvalue weighted by atomic mass is 10.3. The highest BCUT2D eigenvalue weighted by molar-refractivity contribution is 7.69. The Labute approximate surface area is 107 Å². The van der Waals surface area contributed by atoms with Crippen molar-refractivity contribution in [3.63, 3.8) is 0 Å². The molecular weight excluding hydrogens is 256 g/mol. The first kappa shape index (κ1) is 14.1. The van der Waals surface area contributed by atoms with Gasteiger partial charge in [-0.3, -0.25) is 0 Å². The lowest BCUT2D eigenvalue weighted by Gasteiger charge is -1.89. The van der Waals surface area contributed by atoms with Crippen molar-refractivity contribution in [3.8, 4) is 0 Å². The second kappa shape index (κ2) is 7.37. The lowest BCUT2D eigenvalue weighted by molar-refractivity contribution is 0.616. The van der Waals surface area contributed by atoms with Crippen LogP contribution in [0.1, 0.15) is 24.8 Å². The molecule has 6 heteroatoms. The van der Waals surface area contributed by atoms with Crippen molar-refractivity contribution in [2.24, 2.45) is 5.14 Å². The van der Waals surface area contributed by atoms with Crippen LogP contribution < -0.4 is 5.14 Å². The molecule has 0 aliphatic heterocycles. The van der Waals surface area contributed by atoms with E-state index in [1.807, 2.05) is 17.4 Å². The third-order valence-corrected chi connectivity index (χ3v) is 3.18. The van der Waals surface area contributed by atoms with Crippen molar-refractivity contribution < 1.29 is 8.42 Å². The molecule has 2 aromatic rings. The number of thiol groups is 1. The number of aromatic nitrogens is 1. The van der Waals surface area contributed by atoms with Crippen LogP contribution in [0.15, 0.2) is 24.3 Å². The maximum absolute atomic E-state index is 8.81. The average molecular weight is 272 g/mol. The minimum atomic E-state index is -2.62. The molecule has 0 saturated carbocycles. The summed E-state index contributed by atoms with van der Waals surface area (Å²) in [4.78, 5) is 4.57. The first-order valence-electron chi connectivity index (χ1n) is 5.37. The van der Waals surface area contributed by atoms with Gasteiger partial charge in [-0.05, 0) is 25.0 Å². The van der Waals surface area contributed by atoms with Crippen molar-refractivity contribution in [2.75, 3.05) is 0 Å². The normalized spacial score (nSPS) is 10.3. The van der Waals surface area contributed by atoms with Crippen molar-refractivity contribution in [3.05, 3.63) is 29.3 Å². The Morgan fingerprint density at radius 1 is 1.35 bits per heavy atom. The molecule has 0 atom stereocenters. The van der Waals surface area contributed by atoms with Crippen LogP contribution in [0.5, 0.6) is 0 Å². The molecule has 0 spiro atoms. The van der Waals surface area contributed by atoms with E-state index in [2.05, 4.69) is 35.2 Å². The van der Waals surface area contributed by atoms with Crippen molar-refractivity contribution in [2.45, 2.75) is 26.2 Å². The van der Waals surface area contributed by atoms with Gasteiger partial charge in [0.05, 0.1) is 15.2 Å². The summed E-state index contributed by atoms with van der Waals surface area (Å²) in [6.07, 6.45) is 3.63. The minimum absolute atomic E-state index is 1.13. The van der Waals surface area contributed by atoms with Gasteiger partial charge in [0.15, 0.2) is 10.9 Å². The summed E-state index contributed by atoms with van der Waals surface area (Å²) in [6.45, 7) is 2.22. The summed E-state index contributed by atoms with van der Waals surface area (Å²) in [7, 11) is -2.62. The van der Waals surface area contributed by atoms with E-state index < -0.39 is 10.9 Å². The summed E-state index contributed by atoms with van der Waals surface area (Å²) in [5.41, 5.74) is 1.15. The Hall–Kier alpha value is -0.980. The van der Waals surface area contributed by atoms with Gasteiger partial charge in [-0.1, -0.05) is 25.5 Å². The maximum Gasteiger partial charge on any atom is 0.198 e. The van der Waals surface area contributed by atoms with Gasteiger partial charge in [0.2, 0.25) is 0 Å². The SMILES string of the molecule is CCCCc1nc2ccccc2s1.N[SH](=O)=O. The molecule has 4 nitrogen and oxygen atoms in total. The number of hydrogen-bond donors (Lipinski definition) is 2. The van der Waals surface area contributed by atoms with Crippen LogP contribution in [0.3, 0.4) is 0 Å². The Balaban J connectivity index is 0.000000317. The second-order valence-corrected chi connectivity index (χ2v) is 5.15. The molecule has 2 N–H and O–H groups in total. The van der Waals surface area contributed by atoms with Crippen molar-refractivity contribution in [1.29, 1.82) is 0 Å². The first-order valence-corrected chi connectivity index (χ1v) is 7.43. The van der Waals surface area contributed by atoms with Gasteiger partial charge < -0.3 is 0 Å². The number of nitrogens with zero attached hydrogens (tertiary/aromatic N) is 1. The fourth-order valence-electron chi connectivity index (χ4n) is 1.35. The fraction of sp³-hybridized carbons (Fsp3) is 0.364. The Morgan fingerprint density at radius 2 is 2.00 bits per heavy atom. The Kier molecular flexibility index (Phi) is 6.10. The molecule has 0 amide bonds. The molecular formula is C11H16N2O2S2. The van der Waals surface area contributed by atoms with E-state index in [1.54, 1.807) is 0 Å². The number of benzene rings is 1. The number of rotatable bonds is 3. The lowest BCUT2D eigenvalue weighted by Crippen LogP contribution is -1.85. The van der Waals surface area contributed by atoms with Crippen LogP contribution in [0.2, 0.25) is 0 Å². The van der Waals surface area contributed by atoms with Crippen molar-refractivity contribution >= 4 is 32.4 Å². The zero-order valence-corrected chi connectivity index (χ0v) is 11.3. The van der Waals surface area contributed by atoms with E-state index in [4.69, 9.17) is 8.42 Å². The van der Waals surface area contributed by atoms with Crippen molar-refractivity contribution in [1.82, 2.24) is 4.98 Å².